The first-order valence-electron chi connectivity index (χ1n) is 17.1. The predicted molar refractivity (Wildman–Crippen MR) is 176 cm³/mol. The molecule has 0 aromatic heterocycles. The molecule has 0 bridgehead atoms. The smallest absolute Gasteiger partial charge is 0.338 e. The van der Waals surface area contributed by atoms with Crippen molar-refractivity contribution in [2.75, 3.05) is 0 Å². The van der Waals surface area contributed by atoms with E-state index in [9.17, 15) is 4.79 Å². The maximum atomic E-state index is 12.9. The second-order valence-electron chi connectivity index (χ2n) is 13.1. The Kier molecular flexibility index (Phi) is 11.3. The van der Waals surface area contributed by atoms with Crippen LogP contribution in [0.3, 0.4) is 0 Å². The van der Waals surface area contributed by atoms with Crippen LogP contribution in [0.25, 0.3) is 11.1 Å². The molecular formula is C40H52O2. The van der Waals surface area contributed by atoms with Gasteiger partial charge in [0.25, 0.3) is 0 Å². The molecule has 0 aliphatic heterocycles. The Morgan fingerprint density at radius 2 is 1.14 bits per heavy atom. The molecule has 2 aliphatic carbocycles. The summed E-state index contributed by atoms with van der Waals surface area (Å²) < 4.78 is 5.95. The fraction of sp³-hybridized carbons (Fsp3) is 0.525. The van der Waals surface area contributed by atoms with Crippen LogP contribution >= 0.6 is 0 Å². The van der Waals surface area contributed by atoms with Crippen molar-refractivity contribution in [2.45, 2.75) is 128 Å². The standard InChI is InChI=1S/C40H52O2/c1-3-5-7-9-31-12-16-32(17-13-31)34-18-20-35(21-19-34)36-22-24-38(25-23-36)40(41)42-39-28-26-37(27-29-39)33-14-10-30(11-15-33)8-6-4-2/h10-11,14-15,18-25,31-32,37,39H,3-9,12-13,16-17,26-29H2,1-2H3. The average Bonchev–Trinajstić information content (AvgIpc) is 3.05. The maximum Gasteiger partial charge on any atom is 0.338 e. The number of rotatable bonds is 12. The average molecular weight is 565 g/mol. The summed E-state index contributed by atoms with van der Waals surface area (Å²) in [5, 5.41) is 0. The van der Waals surface area contributed by atoms with Gasteiger partial charge in [-0.25, -0.2) is 4.79 Å². The molecule has 42 heavy (non-hydrogen) atoms. The van der Waals surface area contributed by atoms with Crippen LogP contribution in [0.15, 0.2) is 72.8 Å². The van der Waals surface area contributed by atoms with Crippen molar-refractivity contribution in [1.29, 1.82) is 0 Å². The molecule has 224 valence electrons. The molecule has 3 aromatic carbocycles. The molecule has 0 unspecified atom stereocenters. The molecule has 0 atom stereocenters. The van der Waals surface area contributed by atoms with E-state index in [-0.39, 0.29) is 12.1 Å². The Hall–Kier alpha value is -2.87. The summed E-state index contributed by atoms with van der Waals surface area (Å²) >= 11 is 0. The zero-order valence-corrected chi connectivity index (χ0v) is 26.2. The topological polar surface area (TPSA) is 26.3 Å². The molecule has 2 nitrogen and oxygen atoms in total. The highest BCUT2D eigenvalue weighted by Crippen LogP contribution is 2.38. The van der Waals surface area contributed by atoms with Crippen molar-refractivity contribution in [2.24, 2.45) is 5.92 Å². The van der Waals surface area contributed by atoms with Crippen LogP contribution in [-0.2, 0) is 11.2 Å². The number of carbonyl (C=O) groups excluding carboxylic acids is 1. The first-order chi connectivity index (χ1) is 20.6. The number of carbonyl (C=O) groups is 1. The van der Waals surface area contributed by atoms with Gasteiger partial charge in [0.1, 0.15) is 6.10 Å². The lowest BCUT2D eigenvalue weighted by Gasteiger charge is -2.29. The van der Waals surface area contributed by atoms with Crippen LogP contribution in [0.5, 0.6) is 0 Å². The molecule has 0 saturated heterocycles. The summed E-state index contributed by atoms with van der Waals surface area (Å²) in [6, 6.07) is 26.4. The number of unbranched alkanes of at least 4 members (excludes halogenated alkanes) is 3. The van der Waals surface area contributed by atoms with Gasteiger partial charge < -0.3 is 4.74 Å². The lowest BCUT2D eigenvalue weighted by Crippen LogP contribution is -2.24. The largest absolute Gasteiger partial charge is 0.459 e. The van der Waals surface area contributed by atoms with E-state index in [0.29, 0.717) is 17.4 Å². The second kappa shape index (κ2) is 15.6. The van der Waals surface area contributed by atoms with E-state index in [2.05, 4.69) is 74.5 Å². The van der Waals surface area contributed by atoms with Crippen LogP contribution < -0.4 is 0 Å². The molecule has 0 radical (unpaired) electrons. The number of ether oxygens (including phenoxy) is 1. The third-order valence-corrected chi connectivity index (χ3v) is 10.1. The highest BCUT2D eigenvalue weighted by atomic mass is 16.5. The second-order valence-corrected chi connectivity index (χ2v) is 13.1. The van der Waals surface area contributed by atoms with Crippen molar-refractivity contribution in [1.82, 2.24) is 0 Å². The zero-order valence-electron chi connectivity index (χ0n) is 26.2. The Bertz CT molecular complexity index is 1210. The molecule has 2 aliphatic rings. The highest BCUT2D eigenvalue weighted by molar-refractivity contribution is 5.90. The fourth-order valence-electron chi connectivity index (χ4n) is 7.28. The number of hydrogen-bond acceptors (Lipinski definition) is 2. The number of hydrogen-bond donors (Lipinski definition) is 0. The van der Waals surface area contributed by atoms with Gasteiger partial charge in [-0.05, 0) is 122 Å². The van der Waals surface area contributed by atoms with Gasteiger partial charge in [-0.15, -0.1) is 0 Å². The van der Waals surface area contributed by atoms with Crippen molar-refractivity contribution >= 4 is 5.97 Å². The molecule has 0 heterocycles. The number of esters is 1. The Balaban J connectivity index is 1.07. The molecule has 5 rings (SSSR count). The van der Waals surface area contributed by atoms with Gasteiger partial charge in [-0.2, -0.15) is 0 Å². The molecule has 0 spiro atoms. The van der Waals surface area contributed by atoms with E-state index in [4.69, 9.17) is 4.74 Å². The number of aryl methyl sites for hydroxylation is 1. The molecular weight excluding hydrogens is 512 g/mol. The van der Waals surface area contributed by atoms with Crippen molar-refractivity contribution in [3.8, 4) is 11.1 Å². The van der Waals surface area contributed by atoms with Crippen LogP contribution in [0.2, 0.25) is 0 Å². The Labute approximate surface area is 255 Å². The minimum Gasteiger partial charge on any atom is -0.459 e. The SMILES string of the molecule is CCCCCC1CCC(c2ccc(-c3ccc(C(=O)OC4CCC(c5ccc(CCCC)cc5)CC4)cc3)cc2)CC1. The van der Waals surface area contributed by atoms with Gasteiger partial charge in [0.05, 0.1) is 5.56 Å². The first kappa shape index (κ1) is 30.6. The van der Waals surface area contributed by atoms with Gasteiger partial charge in [0, 0.05) is 0 Å². The number of benzene rings is 3. The minimum atomic E-state index is -0.189. The van der Waals surface area contributed by atoms with Crippen LogP contribution in [0, 0.1) is 5.92 Å². The van der Waals surface area contributed by atoms with Crippen LogP contribution in [0.1, 0.15) is 143 Å². The summed E-state index contributed by atoms with van der Waals surface area (Å²) in [4.78, 5) is 12.9. The molecule has 2 saturated carbocycles. The molecule has 0 amide bonds. The highest BCUT2D eigenvalue weighted by Gasteiger charge is 2.26. The molecule has 2 fully saturated rings. The molecule has 0 N–H and O–H groups in total. The Morgan fingerprint density at radius 3 is 1.71 bits per heavy atom. The van der Waals surface area contributed by atoms with E-state index in [1.54, 1.807) is 0 Å². The van der Waals surface area contributed by atoms with Gasteiger partial charge in [0.2, 0.25) is 0 Å². The van der Waals surface area contributed by atoms with Crippen LogP contribution in [-0.4, -0.2) is 12.1 Å². The van der Waals surface area contributed by atoms with E-state index in [1.807, 2.05) is 12.1 Å². The van der Waals surface area contributed by atoms with Gasteiger partial charge in [0.15, 0.2) is 0 Å². The predicted octanol–water partition coefficient (Wildman–Crippen LogP) is 11.4. The third kappa shape index (κ3) is 8.36. The molecule has 3 aromatic rings. The fourth-order valence-corrected chi connectivity index (χ4v) is 7.28. The lowest BCUT2D eigenvalue weighted by molar-refractivity contribution is 0.0195. The Morgan fingerprint density at radius 1 is 0.619 bits per heavy atom. The minimum absolute atomic E-state index is 0.0243. The van der Waals surface area contributed by atoms with Crippen molar-refractivity contribution < 1.29 is 9.53 Å². The summed E-state index contributed by atoms with van der Waals surface area (Å²) in [5.41, 5.74) is 7.38. The summed E-state index contributed by atoms with van der Waals surface area (Å²) in [7, 11) is 0. The third-order valence-electron chi connectivity index (χ3n) is 10.1. The van der Waals surface area contributed by atoms with Crippen molar-refractivity contribution in [3.05, 3.63) is 95.1 Å². The summed E-state index contributed by atoms with van der Waals surface area (Å²) in [6.07, 6.45) is 18.7. The van der Waals surface area contributed by atoms with E-state index >= 15 is 0 Å². The van der Waals surface area contributed by atoms with E-state index < -0.39 is 0 Å². The molecule has 2 heteroatoms. The van der Waals surface area contributed by atoms with E-state index in [1.165, 1.54) is 92.9 Å². The van der Waals surface area contributed by atoms with Crippen LogP contribution in [0.4, 0.5) is 0 Å². The summed E-state index contributed by atoms with van der Waals surface area (Å²) in [5.74, 6) is 2.05. The van der Waals surface area contributed by atoms with Crippen molar-refractivity contribution in [3.63, 3.8) is 0 Å². The summed E-state index contributed by atoms with van der Waals surface area (Å²) in [6.45, 7) is 4.54. The lowest BCUT2D eigenvalue weighted by atomic mass is 9.77. The van der Waals surface area contributed by atoms with Gasteiger partial charge in [-0.1, -0.05) is 107 Å². The van der Waals surface area contributed by atoms with Gasteiger partial charge >= 0.3 is 5.97 Å². The quantitative estimate of drug-likeness (QED) is 0.161. The first-order valence-corrected chi connectivity index (χ1v) is 17.1. The maximum absolute atomic E-state index is 12.9. The zero-order chi connectivity index (χ0) is 29.1. The van der Waals surface area contributed by atoms with Gasteiger partial charge in [-0.3, -0.25) is 0 Å². The van der Waals surface area contributed by atoms with E-state index in [0.717, 1.165) is 37.2 Å². The normalized spacial score (nSPS) is 22.5. The monoisotopic (exact) mass is 564 g/mol.